The first-order valence-corrected chi connectivity index (χ1v) is 9.55. The van der Waals surface area contributed by atoms with Gasteiger partial charge in [0.05, 0.1) is 12.7 Å². The lowest BCUT2D eigenvalue weighted by molar-refractivity contribution is -0.161. The molecule has 0 N–H and O–H groups in total. The second-order valence-corrected chi connectivity index (χ2v) is 6.68. The maximum Gasteiger partial charge on any atom is 0.157 e. The number of hydrogen-bond donors (Lipinski definition) is 0. The second kappa shape index (κ2) is 10.5. The van der Waals surface area contributed by atoms with Gasteiger partial charge in [-0.1, -0.05) is 11.8 Å². The van der Waals surface area contributed by atoms with Crippen LogP contribution in [0.4, 0.5) is 4.39 Å². The predicted molar refractivity (Wildman–Crippen MR) is 96.3 cm³/mol. The first-order chi connectivity index (χ1) is 12.8. The van der Waals surface area contributed by atoms with Crippen molar-refractivity contribution in [3.8, 4) is 17.6 Å². The van der Waals surface area contributed by atoms with E-state index in [9.17, 15) is 4.39 Å². The Kier molecular flexibility index (Phi) is 7.75. The molecule has 0 radical (unpaired) electrons. The topological polar surface area (TPSA) is 36.9 Å². The first kappa shape index (κ1) is 19.2. The van der Waals surface area contributed by atoms with E-state index >= 15 is 0 Å². The van der Waals surface area contributed by atoms with Gasteiger partial charge in [-0.2, -0.15) is 0 Å². The Labute approximate surface area is 155 Å². The summed E-state index contributed by atoms with van der Waals surface area (Å²) in [7, 11) is 0. The van der Waals surface area contributed by atoms with Crippen molar-refractivity contribution in [2.45, 2.75) is 63.4 Å². The Balaban J connectivity index is 1.33. The summed E-state index contributed by atoms with van der Waals surface area (Å²) in [6, 6.07) is 6.05. The van der Waals surface area contributed by atoms with Crippen LogP contribution >= 0.6 is 0 Å². The molecule has 0 aliphatic carbocycles. The van der Waals surface area contributed by atoms with Crippen molar-refractivity contribution in [1.82, 2.24) is 0 Å². The summed E-state index contributed by atoms with van der Waals surface area (Å²) in [5.41, 5.74) is 0. The van der Waals surface area contributed by atoms with Gasteiger partial charge in [-0.3, -0.25) is 0 Å². The monoisotopic (exact) mass is 362 g/mol. The zero-order valence-electron chi connectivity index (χ0n) is 15.1. The lowest BCUT2D eigenvalue weighted by Crippen LogP contribution is -2.31. The minimum Gasteiger partial charge on any atom is -0.491 e. The molecule has 2 aliphatic heterocycles. The van der Waals surface area contributed by atoms with Gasteiger partial charge in [-0.25, -0.2) is 4.39 Å². The number of benzene rings is 1. The molecule has 0 spiro atoms. The van der Waals surface area contributed by atoms with Gasteiger partial charge in [0.15, 0.2) is 6.29 Å². The Morgan fingerprint density at radius 3 is 2.77 bits per heavy atom. The van der Waals surface area contributed by atoms with Crippen LogP contribution in [0, 0.1) is 17.7 Å². The highest BCUT2D eigenvalue weighted by molar-refractivity contribution is 5.22. The van der Waals surface area contributed by atoms with Gasteiger partial charge in [0.25, 0.3) is 0 Å². The molecule has 0 saturated carbocycles. The van der Waals surface area contributed by atoms with Crippen LogP contribution in [-0.4, -0.2) is 38.3 Å². The molecule has 5 heteroatoms. The predicted octanol–water partition coefficient (Wildman–Crippen LogP) is 4.08. The fraction of sp³-hybridized carbons (Fsp3) is 0.619. The molecule has 0 aromatic heterocycles. The molecule has 2 fully saturated rings. The molecule has 0 bridgehead atoms. The van der Waals surface area contributed by atoms with Crippen LogP contribution in [-0.2, 0) is 14.2 Å². The van der Waals surface area contributed by atoms with Crippen LogP contribution in [0.25, 0.3) is 0 Å². The SMILES string of the molecule is Fc1ccc(OCC2CCCC(C#CCCOC3CCCCO3)O2)cc1. The van der Waals surface area contributed by atoms with Crippen LogP contribution in [0.5, 0.6) is 5.75 Å². The average molecular weight is 362 g/mol. The van der Waals surface area contributed by atoms with Crippen molar-refractivity contribution in [3.05, 3.63) is 30.1 Å². The minimum atomic E-state index is -0.263. The molecule has 3 atom stereocenters. The molecule has 1 aromatic carbocycles. The highest BCUT2D eigenvalue weighted by Gasteiger charge is 2.21. The molecule has 4 nitrogen and oxygen atoms in total. The average Bonchev–Trinajstić information content (AvgIpc) is 2.68. The highest BCUT2D eigenvalue weighted by atomic mass is 19.1. The molecular formula is C21H27FO4. The maximum absolute atomic E-state index is 12.9. The number of hydrogen-bond acceptors (Lipinski definition) is 4. The summed E-state index contributed by atoms with van der Waals surface area (Å²) < 4.78 is 35.8. The third kappa shape index (κ3) is 6.60. The third-order valence-electron chi connectivity index (χ3n) is 4.53. The lowest BCUT2D eigenvalue weighted by atomic mass is 10.0. The van der Waals surface area contributed by atoms with E-state index in [2.05, 4.69) is 11.8 Å². The minimum absolute atomic E-state index is 0.0278. The van der Waals surface area contributed by atoms with Crippen LogP contribution in [0.1, 0.15) is 44.9 Å². The van der Waals surface area contributed by atoms with Crippen LogP contribution < -0.4 is 4.74 Å². The zero-order chi connectivity index (χ0) is 18.0. The molecular weight excluding hydrogens is 335 g/mol. The van der Waals surface area contributed by atoms with Gasteiger partial charge < -0.3 is 18.9 Å². The first-order valence-electron chi connectivity index (χ1n) is 9.55. The fourth-order valence-electron chi connectivity index (χ4n) is 3.12. The quantitative estimate of drug-likeness (QED) is 0.564. The van der Waals surface area contributed by atoms with Crippen LogP contribution in [0.2, 0.25) is 0 Å². The Bertz CT molecular complexity index is 586. The summed E-state index contributed by atoms with van der Waals surface area (Å²) in [5.74, 6) is 6.75. The largest absolute Gasteiger partial charge is 0.491 e. The van der Waals surface area contributed by atoms with E-state index in [4.69, 9.17) is 18.9 Å². The molecule has 2 heterocycles. The number of halogens is 1. The van der Waals surface area contributed by atoms with Crippen molar-refractivity contribution in [3.63, 3.8) is 0 Å². The van der Waals surface area contributed by atoms with Gasteiger partial charge in [0.1, 0.15) is 24.3 Å². The smallest absolute Gasteiger partial charge is 0.157 e. The van der Waals surface area contributed by atoms with E-state index in [1.54, 1.807) is 12.1 Å². The van der Waals surface area contributed by atoms with E-state index in [0.717, 1.165) is 38.7 Å². The Morgan fingerprint density at radius 2 is 1.96 bits per heavy atom. The standard InChI is InChI=1S/C21H27FO4/c22-17-10-12-18(13-11-17)25-16-20-8-5-7-19(26-20)6-1-3-14-23-21-9-2-4-15-24-21/h10-13,19-21H,2-5,7-9,14-16H2. The van der Waals surface area contributed by atoms with Gasteiger partial charge in [-0.15, -0.1) is 0 Å². The van der Waals surface area contributed by atoms with Crippen molar-refractivity contribution in [2.24, 2.45) is 0 Å². The summed E-state index contributed by atoms with van der Waals surface area (Å²) in [4.78, 5) is 0. The molecule has 3 unspecified atom stereocenters. The van der Waals surface area contributed by atoms with Crippen LogP contribution in [0.3, 0.4) is 0 Å². The van der Waals surface area contributed by atoms with E-state index in [-0.39, 0.29) is 24.3 Å². The summed E-state index contributed by atoms with van der Waals surface area (Å²) in [5, 5.41) is 0. The summed E-state index contributed by atoms with van der Waals surface area (Å²) in [6.07, 6.45) is 6.89. The summed E-state index contributed by atoms with van der Waals surface area (Å²) >= 11 is 0. The van der Waals surface area contributed by atoms with Crippen molar-refractivity contribution in [1.29, 1.82) is 0 Å². The molecule has 2 saturated heterocycles. The maximum atomic E-state index is 12.9. The van der Waals surface area contributed by atoms with Gasteiger partial charge in [0, 0.05) is 13.0 Å². The number of rotatable bonds is 6. The van der Waals surface area contributed by atoms with Crippen LogP contribution in [0.15, 0.2) is 24.3 Å². The van der Waals surface area contributed by atoms with E-state index in [1.807, 2.05) is 0 Å². The highest BCUT2D eigenvalue weighted by Crippen LogP contribution is 2.20. The Morgan fingerprint density at radius 1 is 1.08 bits per heavy atom. The van der Waals surface area contributed by atoms with Crippen molar-refractivity contribution in [2.75, 3.05) is 19.8 Å². The zero-order valence-corrected chi connectivity index (χ0v) is 15.1. The van der Waals surface area contributed by atoms with E-state index in [0.29, 0.717) is 25.4 Å². The molecule has 0 amide bonds. The molecule has 142 valence electrons. The lowest BCUT2D eigenvalue weighted by Gasteiger charge is -2.27. The molecule has 26 heavy (non-hydrogen) atoms. The van der Waals surface area contributed by atoms with Gasteiger partial charge in [-0.05, 0) is 62.8 Å². The molecule has 1 aromatic rings. The van der Waals surface area contributed by atoms with E-state index < -0.39 is 0 Å². The van der Waals surface area contributed by atoms with Gasteiger partial charge in [0.2, 0.25) is 0 Å². The second-order valence-electron chi connectivity index (χ2n) is 6.68. The number of ether oxygens (including phenoxy) is 4. The Hall–Kier alpha value is -1.61. The third-order valence-corrected chi connectivity index (χ3v) is 4.53. The molecule has 2 aliphatic rings. The van der Waals surface area contributed by atoms with Crippen molar-refractivity contribution < 1.29 is 23.3 Å². The van der Waals surface area contributed by atoms with Crippen molar-refractivity contribution >= 4 is 0 Å². The molecule has 3 rings (SSSR count). The van der Waals surface area contributed by atoms with E-state index in [1.165, 1.54) is 18.6 Å². The fourth-order valence-corrected chi connectivity index (χ4v) is 3.12. The van der Waals surface area contributed by atoms with Gasteiger partial charge >= 0.3 is 0 Å². The summed E-state index contributed by atoms with van der Waals surface area (Å²) in [6.45, 7) is 1.86. The normalized spacial score (nSPS) is 26.0.